The predicted octanol–water partition coefficient (Wildman–Crippen LogP) is 6.79. The van der Waals surface area contributed by atoms with Crippen molar-refractivity contribution in [2.24, 2.45) is 5.92 Å². The van der Waals surface area contributed by atoms with Gasteiger partial charge in [0.25, 0.3) is 0 Å². The summed E-state index contributed by atoms with van der Waals surface area (Å²) in [6.07, 6.45) is 5.18. The monoisotopic (exact) mass is 350 g/mol. The van der Waals surface area contributed by atoms with Crippen LogP contribution >= 0.6 is 0 Å². The van der Waals surface area contributed by atoms with Gasteiger partial charge in [-0.25, -0.2) is 13.2 Å². The van der Waals surface area contributed by atoms with Crippen LogP contribution in [0.25, 0.3) is 11.1 Å². The molecule has 0 atom stereocenters. The van der Waals surface area contributed by atoms with E-state index < -0.39 is 17.5 Å². The van der Waals surface area contributed by atoms with Crippen LogP contribution in [0.5, 0.6) is 0 Å². The fourth-order valence-electron chi connectivity index (χ4n) is 3.90. The third kappa shape index (κ3) is 4.23. The maximum atomic E-state index is 14.5. The van der Waals surface area contributed by atoms with E-state index in [9.17, 15) is 17.6 Å². The van der Waals surface area contributed by atoms with Crippen LogP contribution in [-0.4, -0.2) is 6.67 Å². The van der Waals surface area contributed by atoms with Gasteiger partial charge in [-0.1, -0.05) is 12.1 Å². The first-order valence-corrected chi connectivity index (χ1v) is 8.89. The van der Waals surface area contributed by atoms with E-state index in [0.717, 1.165) is 38.2 Å². The second-order valence-electron chi connectivity index (χ2n) is 6.92. The van der Waals surface area contributed by atoms with Gasteiger partial charge in [0.05, 0.1) is 12.2 Å². The van der Waals surface area contributed by atoms with Crippen molar-refractivity contribution in [3.8, 4) is 11.1 Å². The van der Waals surface area contributed by atoms with E-state index in [0.29, 0.717) is 17.9 Å². The fraction of sp³-hybridized carbons (Fsp3) is 0.429. The minimum Gasteiger partial charge on any atom is -0.251 e. The first-order valence-electron chi connectivity index (χ1n) is 8.89. The van der Waals surface area contributed by atoms with E-state index in [1.807, 2.05) is 0 Å². The normalized spacial score (nSPS) is 20.6. The Morgan fingerprint density at radius 3 is 2.16 bits per heavy atom. The molecule has 25 heavy (non-hydrogen) atoms. The lowest BCUT2D eigenvalue weighted by Gasteiger charge is -2.29. The van der Waals surface area contributed by atoms with Gasteiger partial charge < -0.3 is 0 Å². The summed E-state index contributed by atoms with van der Waals surface area (Å²) in [5.74, 6) is -1.17. The Hall–Kier alpha value is -1.84. The van der Waals surface area contributed by atoms with Crippen LogP contribution in [-0.2, 0) is 0 Å². The van der Waals surface area contributed by atoms with Crippen molar-refractivity contribution in [3.63, 3.8) is 0 Å². The lowest BCUT2D eigenvalue weighted by atomic mass is 9.77. The molecule has 0 unspecified atom stereocenters. The minimum absolute atomic E-state index is 0.132. The molecule has 2 aromatic rings. The SMILES string of the molecule is FCCCC1CCC(c2cc(F)c(-c3cccc(F)c3)c(F)c2)CC1. The highest BCUT2D eigenvalue weighted by Crippen LogP contribution is 2.39. The highest BCUT2D eigenvalue weighted by atomic mass is 19.1. The van der Waals surface area contributed by atoms with Crippen molar-refractivity contribution < 1.29 is 17.6 Å². The molecule has 0 nitrogen and oxygen atoms in total. The third-order valence-corrected chi connectivity index (χ3v) is 5.24. The van der Waals surface area contributed by atoms with E-state index in [4.69, 9.17) is 0 Å². The molecule has 0 bridgehead atoms. The smallest absolute Gasteiger partial charge is 0.134 e. The van der Waals surface area contributed by atoms with Crippen LogP contribution in [0.2, 0.25) is 0 Å². The van der Waals surface area contributed by atoms with Crippen LogP contribution in [0.3, 0.4) is 0 Å². The van der Waals surface area contributed by atoms with Crippen LogP contribution in [0.1, 0.15) is 50.0 Å². The van der Waals surface area contributed by atoms with Gasteiger partial charge in [0.2, 0.25) is 0 Å². The molecule has 134 valence electrons. The highest BCUT2D eigenvalue weighted by molar-refractivity contribution is 5.65. The van der Waals surface area contributed by atoms with E-state index in [-0.39, 0.29) is 23.7 Å². The Labute approximate surface area is 145 Å². The Kier molecular flexibility index (Phi) is 5.77. The average molecular weight is 350 g/mol. The van der Waals surface area contributed by atoms with Crippen molar-refractivity contribution in [2.75, 3.05) is 6.67 Å². The van der Waals surface area contributed by atoms with Gasteiger partial charge in [0.15, 0.2) is 0 Å². The van der Waals surface area contributed by atoms with E-state index in [1.165, 1.54) is 30.3 Å². The molecule has 0 aliphatic heterocycles. The minimum atomic E-state index is -0.653. The number of alkyl halides is 1. The molecular formula is C21H22F4. The molecule has 1 saturated carbocycles. The molecule has 0 aromatic heterocycles. The number of hydrogen-bond donors (Lipinski definition) is 0. The molecule has 0 spiro atoms. The Morgan fingerprint density at radius 1 is 0.880 bits per heavy atom. The lowest BCUT2D eigenvalue weighted by molar-refractivity contribution is 0.293. The Bertz CT molecular complexity index is 695. The predicted molar refractivity (Wildman–Crippen MR) is 91.7 cm³/mol. The van der Waals surface area contributed by atoms with Crippen LogP contribution in [0.15, 0.2) is 36.4 Å². The molecule has 0 heterocycles. The topological polar surface area (TPSA) is 0 Å². The van der Waals surface area contributed by atoms with Gasteiger partial charge in [-0.2, -0.15) is 0 Å². The zero-order chi connectivity index (χ0) is 17.8. The van der Waals surface area contributed by atoms with Crippen LogP contribution in [0.4, 0.5) is 17.6 Å². The Morgan fingerprint density at radius 2 is 1.56 bits per heavy atom. The van der Waals surface area contributed by atoms with Crippen molar-refractivity contribution >= 4 is 0 Å². The van der Waals surface area contributed by atoms with Crippen molar-refractivity contribution in [1.29, 1.82) is 0 Å². The molecule has 0 amide bonds. The molecule has 3 rings (SSSR count). The summed E-state index contributed by atoms with van der Waals surface area (Å²) in [5, 5.41) is 0. The molecule has 1 aliphatic carbocycles. The zero-order valence-electron chi connectivity index (χ0n) is 14.1. The largest absolute Gasteiger partial charge is 0.251 e. The number of benzene rings is 2. The van der Waals surface area contributed by atoms with Gasteiger partial charge in [-0.05, 0) is 85.8 Å². The molecular weight excluding hydrogens is 328 g/mol. The standard InChI is InChI=1S/C21H22F4/c22-10-2-3-14-6-8-15(9-7-14)17-12-19(24)21(20(25)13-17)16-4-1-5-18(23)11-16/h1,4-5,11-15H,2-3,6-10H2. The van der Waals surface area contributed by atoms with Crippen LogP contribution < -0.4 is 0 Å². The Balaban J connectivity index is 1.77. The fourth-order valence-corrected chi connectivity index (χ4v) is 3.90. The highest BCUT2D eigenvalue weighted by Gasteiger charge is 2.24. The first-order chi connectivity index (χ1) is 12.1. The van der Waals surface area contributed by atoms with Gasteiger partial charge >= 0.3 is 0 Å². The van der Waals surface area contributed by atoms with Crippen LogP contribution in [0, 0.1) is 23.4 Å². The quantitative estimate of drug-likeness (QED) is 0.521. The lowest BCUT2D eigenvalue weighted by Crippen LogP contribution is -2.14. The summed E-state index contributed by atoms with van der Waals surface area (Å²) < 4.78 is 54.7. The second-order valence-corrected chi connectivity index (χ2v) is 6.92. The number of hydrogen-bond acceptors (Lipinski definition) is 0. The molecule has 0 N–H and O–H groups in total. The summed E-state index contributed by atoms with van der Waals surface area (Å²) >= 11 is 0. The summed E-state index contributed by atoms with van der Waals surface area (Å²) in [5.41, 5.74) is 0.690. The maximum Gasteiger partial charge on any atom is 0.134 e. The van der Waals surface area contributed by atoms with Gasteiger partial charge in [0, 0.05) is 0 Å². The second kappa shape index (κ2) is 8.03. The van der Waals surface area contributed by atoms with Crippen molar-refractivity contribution in [1.82, 2.24) is 0 Å². The molecule has 0 saturated heterocycles. The first kappa shape index (κ1) is 18.0. The van der Waals surface area contributed by atoms with Crippen molar-refractivity contribution in [2.45, 2.75) is 44.4 Å². The van der Waals surface area contributed by atoms with E-state index in [1.54, 1.807) is 0 Å². The van der Waals surface area contributed by atoms with Crippen molar-refractivity contribution in [3.05, 3.63) is 59.4 Å². The number of halogens is 4. The molecule has 1 aliphatic rings. The summed E-state index contributed by atoms with van der Waals surface area (Å²) in [4.78, 5) is 0. The third-order valence-electron chi connectivity index (χ3n) is 5.24. The molecule has 1 fully saturated rings. The molecule has 4 heteroatoms. The summed E-state index contributed by atoms with van der Waals surface area (Å²) in [7, 11) is 0. The van der Waals surface area contributed by atoms with E-state index in [2.05, 4.69) is 0 Å². The summed E-state index contributed by atoms with van der Waals surface area (Å²) in [6, 6.07) is 8.09. The van der Waals surface area contributed by atoms with Gasteiger partial charge in [-0.3, -0.25) is 4.39 Å². The summed E-state index contributed by atoms with van der Waals surface area (Å²) in [6.45, 7) is -0.280. The maximum absolute atomic E-state index is 14.5. The average Bonchev–Trinajstić information content (AvgIpc) is 2.60. The van der Waals surface area contributed by atoms with Gasteiger partial charge in [0.1, 0.15) is 17.5 Å². The molecule has 0 radical (unpaired) electrons. The van der Waals surface area contributed by atoms with E-state index >= 15 is 0 Å². The van der Waals surface area contributed by atoms with Gasteiger partial charge in [-0.15, -0.1) is 0 Å². The molecule has 2 aromatic carbocycles. The zero-order valence-corrected chi connectivity index (χ0v) is 14.1. The number of rotatable bonds is 5.